The lowest BCUT2D eigenvalue weighted by molar-refractivity contribution is 0.0527. The van der Waals surface area contributed by atoms with Gasteiger partial charge in [0.1, 0.15) is 5.60 Å². The lowest BCUT2D eigenvalue weighted by Crippen LogP contribution is -2.34. The van der Waals surface area contributed by atoms with Crippen LogP contribution in [0.5, 0.6) is 0 Å². The predicted octanol–water partition coefficient (Wildman–Crippen LogP) is 3.83. The van der Waals surface area contributed by atoms with Crippen molar-refractivity contribution in [1.82, 2.24) is 10.6 Å². The average molecular weight is 353 g/mol. The van der Waals surface area contributed by atoms with E-state index in [0.717, 1.165) is 4.90 Å². The first-order valence-electron chi connectivity index (χ1n) is 8.20. The molecule has 24 heavy (non-hydrogen) atoms. The molecule has 0 aromatic heterocycles. The smallest absolute Gasteiger partial charge is 0.407 e. The molecule has 0 aliphatic heterocycles. The predicted molar refractivity (Wildman–Crippen MR) is 98.6 cm³/mol. The molecule has 0 aliphatic carbocycles. The maximum atomic E-state index is 12.3. The summed E-state index contributed by atoms with van der Waals surface area (Å²) in [6.45, 7) is 10.6. The molecule has 5 nitrogen and oxygen atoms in total. The van der Waals surface area contributed by atoms with E-state index in [0.29, 0.717) is 30.3 Å². The summed E-state index contributed by atoms with van der Waals surface area (Å²) >= 11 is 1.67. The van der Waals surface area contributed by atoms with E-state index >= 15 is 0 Å². The number of alkyl carbamates (subject to hydrolysis) is 1. The molecule has 0 spiro atoms. The topological polar surface area (TPSA) is 67.4 Å². The van der Waals surface area contributed by atoms with Crippen molar-refractivity contribution in [2.75, 3.05) is 13.1 Å². The van der Waals surface area contributed by atoms with Gasteiger partial charge < -0.3 is 15.4 Å². The van der Waals surface area contributed by atoms with Crippen molar-refractivity contribution in [2.45, 2.75) is 56.8 Å². The molecule has 0 unspecified atom stereocenters. The molecule has 0 saturated carbocycles. The number of ether oxygens (including phenoxy) is 1. The third-order valence-corrected chi connectivity index (χ3v) is 3.88. The second kappa shape index (κ2) is 9.57. The molecule has 1 aromatic rings. The van der Waals surface area contributed by atoms with Gasteiger partial charge in [0.15, 0.2) is 0 Å². The fourth-order valence-corrected chi connectivity index (χ4v) is 2.85. The lowest BCUT2D eigenvalue weighted by atomic mass is 10.2. The fourth-order valence-electron chi connectivity index (χ4n) is 1.90. The monoisotopic (exact) mass is 352 g/mol. The van der Waals surface area contributed by atoms with Gasteiger partial charge >= 0.3 is 6.09 Å². The first-order valence-corrected chi connectivity index (χ1v) is 9.08. The van der Waals surface area contributed by atoms with Crippen LogP contribution < -0.4 is 10.6 Å². The van der Waals surface area contributed by atoms with Gasteiger partial charge in [0.05, 0.1) is 5.56 Å². The van der Waals surface area contributed by atoms with E-state index in [2.05, 4.69) is 24.5 Å². The Kier molecular flexibility index (Phi) is 8.11. The van der Waals surface area contributed by atoms with Gasteiger partial charge in [-0.25, -0.2) is 4.79 Å². The van der Waals surface area contributed by atoms with Crippen LogP contribution in [-0.4, -0.2) is 35.9 Å². The van der Waals surface area contributed by atoms with Gasteiger partial charge in [-0.05, 0) is 39.3 Å². The molecule has 0 saturated heterocycles. The third-order valence-electron chi connectivity index (χ3n) is 2.80. The Hall–Kier alpha value is -1.69. The Morgan fingerprint density at radius 1 is 1.12 bits per heavy atom. The number of rotatable bonds is 7. The average Bonchev–Trinajstić information content (AvgIpc) is 2.44. The zero-order valence-electron chi connectivity index (χ0n) is 15.1. The van der Waals surface area contributed by atoms with Crippen LogP contribution in [0.15, 0.2) is 29.2 Å². The molecule has 1 aromatic carbocycles. The lowest BCUT2D eigenvalue weighted by Gasteiger charge is -2.19. The third kappa shape index (κ3) is 8.24. The Morgan fingerprint density at radius 2 is 1.75 bits per heavy atom. The highest BCUT2D eigenvalue weighted by molar-refractivity contribution is 8.00. The summed E-state index contributed by atoms with van der Waals surface area (Å²) in [5.74, 6) is -0.0870. The van der Waals surface area contributed by atoms with Crippen LogP contribution in [0.4, 0.5) is 4.79 Å². The SMILES string of the molecule is CC(C)Sc1ccccc1C(=O)NCCCNC(=O)OC(C)(C)C. The molecule has 0 bridgehead atoms. The Morgan fingerprint density at radius 3 is 2.38 bits per heavy atom. The number of nitrogens with one attached hydrogen (secondary N) is 2. The Labute approximate surface area is 148 Å². The van der Waals surface area contributed by atoms with Gasteiger partial charge in [0.25, 0.3) is 5.91 Å². The molecular weight excluding hydrogens is 324 g/mol. The second-order valence-corrected chi connectivity index (χ2v) is 8.32. The minimum absolute atomic E-state index is 0.0870. The normalized spacial score (nSPS) is 11.2. The summed E-state index contributed by atoms with van der Waals surface area (Å²) < 4.78 is 5.15. The van der Waals surface area contributed by atoms with Crippen molar-refractivity contribution in [2.24, 2.45) is 0 Å². The van der Waals surface area contributed by atoms with Crippen LogP contribution in [-0.2, 0) is 4.74 Å². The first-order chi connectivity index (χ1) is 11.2. The van der Waals surface area contributed by atoms with Crippen LogP contribution in [0.3, 0.4) is 0 Å². The summed E-state index contributed by atoms with van der Waals surface area (Å²) in [6.07, 6.45) is 0.206. The van der Waals surface area contributed by atoms with Gasteiger partial charge in [-0.15, -0.1) is 11.8 Å². The van der Waals surface area contributed by atoms with Crippen LogP contribution in [0.2, 0.25) is 0 Å². The molecular formula is C18H28N2O3S. The Bertz CT molecular complexity index is 553. The van der Waals surface area contributed by atoms with E-state index in [4.69, 9.17) is 4.74 Å². The minimum atomic E-state index is -0.504. The highest BCUT2D eigenvalue weighted by Crippen LogP contribution is 2.26. The van der Waals surface area contributed by atoms with Crippen LogP contribution >= 0.6 is 11.8 Å². The van der Waals surface area contributed by atoms with Crippen LogP contribution in [0.1, 0.15) is 51.4 Å². The summed E-state index contributed by atoms with van der Waals surface area (Å²) in [5, 5.41) is 5.98. The van der Waals surface area contributed by atoms with Crippen molar-refractivity contribution < 1.29 is 14.3 Å². The molecule has 1 rings (SSSR count). The molecule has 0 aliphatic rings. The van der Waals surface area contributed by atoms with Crippen LogP contribution in [0.25, 0.3) is 0 Å². The van der Waals surface area contributed by atoms with Crippen molar-refractivity contribution in [3.63, 3.8) is 0 Å². The van der Waals surface area contributed by atoms with E-state index in [9.17, 15) is 9.59 Å². The number of carbonyl (C=O) groups is 2. The van der Waals surface area contributed by atoms with E-state index in [-0.39, 0.29) is 5.91 Å². The second-order valence-electron chi connectivity index (χ2n) is 6.70. The molecule has 0 heterocycles. The fraction of sp³-hybridized carbons (Fsp3) is 0.556. The highest BCUT2D eigenvalue weighted by atomic mass is 32.2. The standard InChI is InChI=1S/C18H28N2O3S/c1-13(2)24-15-10-7-6-9-14(15)16(21)19-11-8-12-20-17(22)23-18(3,4)5/h6-7,9-10,13H,8,11-12H2,1-5H3,(H,19,21)(H,20,22). The van der Waals surface area contributed by atoms with Gasteiger partial charge in [-0.3, -0.25) is 4.79 Å². The van der Waals surface area contributed by atoms with Crippen LogP contribution in [0, 0.1) is 0 Å². The number of benzene rings is 1. The van der Waals surface area contributed by atoms with Gasteiger partial charge in [0.2, 0.25) is 0 Å². The van der Waals surface area contributed by atoms with E-state index in [1.807, 2.05) is 45.0 Å². The quantitative estimate of drug-likeness (QED) is 0.578. The van der Waals surface area contributed by atoms with Gasteiger partial charge in [-0.1, -0.05) is 26.0 Å². The summed E-state index contributed by atoms with van der Waals surface area (Å²) in [7, 11) is 0. The number of amides is 2. The highest BCUT2D eigenvalue weighted by Gasteiger charge is 2.15. The largest absolute Gasteiger partial charge is 0.444 e. The molecule has 6 heteroatoms. The summed E-state index contributed by atoms with van der Waals surface area (Å²) in [5.41, 5.74) is 0.187. The molecule has 0 atom stereocenters. The number of thioether (sulfide) groups is 1. The number of hydrogen-bond acceptors (Lipinski definition) is 4. The zero-order valence-corrected chi connectivity index (χ0v) is 16.0. The molecule has 2 amide bonds. The number of carbonyl (C=O) groups excluding carboxylic acids is 2. The van der Waals surface area contributed by atoms with E-state index in [1.54, 1.807) is 11.8 Å². The summed E-state index contributed by atoms with van der Waals surface area (Å²) in [6, 6.07) is 7.60. The van der Waals surface area contributed by atoms with Crippen molar-refractivity contribution >= 4 is 23.8 Å². The summed E-state index contributed by atoms with van der Waals surface area (Å²) in [4.78, 5) is 24.8. The first kappa shape index (κ1) is 20.4. The van der Waals surface area contributed by atoms with E-state index < -0.39 is 11.7 Å². The minimum Gasteiger partial charge on any atom is -0.444 e. The van der Waals surface area contributed by atoms with Gasteiger partial charge in [-0.2, -0.15) is 0 Å². The number of hydrogen-bond donors (Lipinski definition) is 2. The van der Waals surface area contributed by atoms with Crippen molar-refractivity contribution in [3.8, 4) is 0 Å². The Balaban J connectivity index is 2.36. The van der Waals surface area contributed by atoms with Gasteiger partial charge in [0, 0.05) is 23.2 Å². The zero-order chi connectivity index (χ0) is 18.2. The maximum Gasteiger partial charge on any atom is 0.407 e. The molecule has 0 radical (unpaired) electrons. The molecule has 0 fully saturated rings. The van der Waals surface area contributed by atoms with Crippen molar-refractivity contribution in [1.29, 1.82) is 0 Å². The van der Waals surface area contributed by atoms with E-state index in [1.165, 1.54) is 0 Å². The molecule has 134 valence electrons. The van der Waals surface area contributed by atoms with Crippen molar-refractivity contribution in [3.05, 3.63) is 29.8 Å². The maximum absolute atomic E-state index is 12.3. The molecule has 2 N–H and O–H groups in total.